The van der Waals surface area contributed by atoms with E-state index in [0.717, 1.165) is 23.7 Å². The molecule has 27 heavy (non-hydrogen) atoms. The minimum absolute atomic E-state index is 0.362. The van der Waals surface area contributed by atoms with Crippen molar-refractivity contribution >= 4 is 0 Å². The SMILES string of the molecule is CC(C)(C)C.c1ccc2c(c1)-c1ccccc1C21C2CC3CC(C2)CC1C3. The first kappa shape index (κ1) is 17.5. The maximum absolute atomic E-state index is 2.46. The van der Waals surface area contributed by atoms with E-state index in [9.17, 15) is 0 Å². The fourth-order valence-corrected chi connectivity index (χ4v) is 7.11. The van der Waals surface area contributed by atoms with Gasteiger partial charge in [-0.15, -0.1) is 0 Å². The van der Waals surface area contributed by atoms with Crippen LogP contribution in [0.2, 0.25) is 0 Å². The Morgan fingerprint density at radius 2 is 1.00 bits per heavy atom. The predicted octanol–water partition coefficient (Wildman–Crippen LogP) is 7.46. The lowest BCUT2D eigenvalue weighted by molar-refractivity contribution is -0.0399. The van der Waals surface area contributed by atoms with E-state index in [4.69, 9.17) is 0 Å². The molecule has 0 heteroatoms. The smallest absolute Gasteiger partial charge is 0.0271 e. The molecule has 0 saturated heterocycles. The fraction of sp³-hybridized carbons (Fsp3) is 0.556. The van der Waals surface area contributed by atoms with Crippen molar-refractivity contribution in [2.24, 2.45) is 29.1 Å². The summed E-state index contributed by atoms with van der Waals surface area (Å²) >= 11 is 0. The summed E-state index contributed by atoms with van der Waals surface area (Å²) in [7, 11) is 0. The molecule has 0 unspecified atom stereocenters. The van der Waals surface area contributed by atoms with Crippen LogP contribution in [-0.2, 0) is 5.41 Å². The molecular formula is C27H34. The monoisotopic (exact) mass is 358 g/mol. The van der Waals surface area contributed by atoms with Crippen LogP contribution in [-0.4, -0.2) is 0 Å². The molecule has 0 aliphatic heterocycles. The van der Waals surface area contributed by atoms with Gasteiger partial charge >= 0.3 is 0 Å². The second-order valence-electron chi connectivity index (χ2n) is 11.3. The normalized spacial score (nSPS) is 31.3. The van der Waals surface area contributed by atoms with Gasteiger partial charge in [-0.05, 0) is 83.4 Å². The number of hydrogen-bond donors (Lipinski definition) is 0. The van der Waals surface area contributed by atoms with E-state index in [2.05, 4.69) is 76.2 Å². The first-order valence-corrected chi connectivity index (χ1v) is 11.1. The molecule has 0 atom stereocenters. The Morgan fingerprint density at radius 1 is 0.630 bits per heavy atom. The highest BCUT2D eigenvalue weighted by Crippen LogP contribution is 2.69. The Morgan fingerprint density at radius 3 is 1.41 bits per heavy atom. The van der Waals surface area contributed by atoms with Gasteiger partial charge in [0.25, 0.3) is 0 Å². The van der Waals surface area contributed by atoms with Crippen LogP contribution in [0.3, 0.4) is 0 Å². The van der Waals surface area contributed by atoms with Crippen molar-refractivity contribution in [2.75, 3.05) is 0 Å². The van der Waals surface area contributed by atoms with Crippen LogP contribution in [0, 0.1) is 29.1 Å². The summed E-state index contributed by atoms with van der Waals surface area (Å²) in [5.74, 6) is 3.86. The standard InChI is InChI=1S/C22H22.C5H12/c1-3-7-20-18(5-1)19-6-2-4-8-21(19)22(20)16-10-14-9-15(12-16)13-17(22)11-14;1-5(2,3)4/h1-8,14-17H,9-13H2;1-4H3. The molecular weight excluding hydrogens is 324 g/mol. The molecule has 142 valence electrons. The van der Waals surface area contributed by atoms with Gasteiger partial charge in [0.05, 0.1) is 0 Å². The maximum atomic E-state index is 2.46. The van der Waals surface area contributed by atoms with Gasteiger partial charge in [0.15, 0.2) is 0 Å². The van der Waals surface area contributed by atoms with Crippen LogP contribution in [0.25, 0.3) is 11.1 Å². The van der Waals surface area contributed by atoms with Gasteiger partial charge in [0.1, 0.15) is 0 Å². The van der Waals surface area contributed by atoms with E-state index < -0.39 is 0 Å². The zero-order chi connectivity index (χ0) is 18.8. The summed E-state index contributed by atoms with van der Waals surface area (Å²) in [6, 6.07) is 18.7. The van der Waals surface area contributed by atoms with Crippen LogP contribution in [0.15, 0.2) is 48.5 Å². The van der Waals surface area contributed by atoms with Gasteiger partial charge in [-0.25, -0.2) is 0 Å². The maximum Gasteiger partial charge on any atom is 0.0271 e. The van der Waals surface area contributed by atoms with E-state index in [0.29, 0.717) is 10.8 Å². The Balaban J connectivity index is 0.000000288. The van der Waals surface area contributed by atoms with Crippen molar-refractivity contribution in [3.05, 3.63) is 59.7 Å². The lowest BCUT2D eigenvalue weighted by Crippen LogP contribution is -2.55. The van der Waals surface area contributed by atoms with Gasteiger partial charge in [-0.3, -0.25) is 0 Å². The van der Waals surface area contributed by atoms with Crippen molar-refractivity contribution in [1.29, 1.82) is 0 Å². The van der Waals surface area contributed by atoms with Gasteiger partial charge in [0, 0.05) is 5.41 Å². The highest BCUT2D eigenvalue weighted by atomic mass is 14.6. The minimum Gasteiger partial charge on any atom is -0.0619 e. The van der Waals surface area contributed by atoms with Crippen molar-refractivity contribution in [3.8, 4) is 11.1 Å². The Labute approximate surface area is 165 Å². The quantitative estimate of drug-likeness (QED) is 0.458. The van der Waals surface area contributed by atoms with E-state index in [1.807, 2.05) is 0 Å². The molecule has 4 bridgehead atoms. The average molecular weight is 359 g/mol. The molecule has 0 N–H and O–H groups in total. The van der Waals surface area contributed by atoms with Crippen molar-refractivity contribution in [1.82, 2.24) is 0 Å². The largest absolute Gasteiger partial charge is 0.0619 e. The molecule has 4 fully saturated rings. The highest BCUT2D eigenvalue weighted by Gasteiger charge is 2.61. The summed E-state index contributed by atoms with van der Waals surface area (Å²) in [6.45, 7) is 8.75. The first-order chi connectivity index (χ1) is 12.9. The molecule has 2 aromatic rings. The molecule has 7 rings (SSSR count). The van der Waals surface area contributed by atoms with Crippen LogP contribution in [0.1, 0.15) is 70.9 Å². The highest BCUT2D eigenvalue weighted by molar-refractivity contribution is 5.81. The van der Waals surface area contributed by atoms with Crippen LogP contribution < -0.4 is 0 Å². The number of benzene rings is 2. The number of rotatable bonds is 0. The lowest BCUT2D eigenvalue weighted by atomic mass is 9.43. The van der Waals surface area contributed by atoms with E-state index in [-0.39, 0.29) is 0 Å². The molecule has 0 aromatic heterocycles. The third-order valence-corrected chi connectivity index (χ3v) is 7.46. The summed E-state index contributed by atoms with van der Waals surface area (Å²) in [6.07, 6.45) is 7.46. The van der Waals surface area contributed by atoms with Crippen LogP contribution >= 0.6 is 0 Å². The third kappa shape index (κ3) is 2.63. The molecule has 0 nitrogen and oxygen atoms in total. The van der Waals surface area contributed by atoms with E-state index >= 15 is 0 Å². The molecule has 2 aromatic carbocycles. The summed E-state index contributed by atoms with van der Waals surface area (Å²) in [5.41, 5.74) is 7.27. The summed E-state index contributed by atoms with van der Waals surface area (Å²) in [5, 5.41) is 0. The first-order valence-electron chi connectivity index (χ1n) is 11.1. The zero-order valence-electron chi connectivity index (χ0n) is 17.5. The molecule has 0 radical (unpaired) electrons. The molecule has 1 spiro atoms. The predicted molar refractivity (Wildman–Crippen MR) is 115 cm³/mol. The second-order valence-corrected chi connectivity index (χ2v) is 11.3. The molecule has 0 amide bonds. The zero-order valence-corrected chi connectivity index (χ0v) is 17.5. The van der Waals surface area contributed by atoms with E-state index in [1.54, 1.807) is 11.1 Å². The topological polar surface area (TPSA) is 0 Å². The van der Waals surface area contributed by atoms with Crippen molar-refractivity contribution < 1.29 is 0 Å². The summed E-state index contributed by atoms with van der Waals surface area (Å²) < 4.78 is 0. The number of hydrogen-bond acceptors (Lipinski definition) is 0. The lowest BCUT2D eigenvalue weighted by Gasteiger charge is -2.61. The fourth-order valence-electron chi connectivity index (χ4n) is 7.11. The average Bonchev–Trinajstić information content (AvgIpc) is 2.89. The van der Waals surface area contributed by atoms with Crippen LogP contribution in [0.4, 0.5) is 0 Å². The Bertz CT molecular complexity index is 769. The van der Waals surface area contributed by atoms with Gasteiger partial charge in [-0.1, -0.05) is 76.2 Å². The minimum atomic E-state index is 0.362. The number of fused-ring (bicyclic) bond motifs is 3. The van der Waals surface area contributed by atoms with Crippen LogP contribution in [0.5, 0.6) is 0 Å². The third-order valence-electron chi connectivity index (χ3n) is 7.46. The molecule has 4 saturated carbocycles. The Hall–Kier alpha value is -1.56. The van der Waals surface area contributed by atoms with Gasteiger partial charge in [0.2, 0.25) is 0 Å². The molecule has 5 aliphatic rings. The van der Waals surface area contributed by atoms with Crippen molar-refractivity contribution in [2.45, 2.75) is 65.2 Å². The van der Waals surface area contributed by atoms with Gasteiger partial charge < -0.3 is 0 Å². The Kier molecular flexibility index (Phi) is 3.87. The van der Waals surface area contributed by atoms with Gasteiger partial charge in [-0.2, -0.15) is 0 Å². The molecule has 5 aliphatic carbocycles. The van der Waals surface area contributed by atoms with Crippen molar-refractivity contribution in [3.63, 3.8) is 0 Å². The second kappa shape index (κ2) is 5.97. The summed E-state index contributed by atoms with van der Waals surface area (Å²) in [4.78, 5) is 0. The van der Waals surface area contributed by atoms with E-state index in [1.165, 1.54) is 43.2 Å². The molecule has 0 heterocycles.